The van der Waals surface area contributed by atoms with Crippen LogP contribution in [0.1, 0.15) is 11.4 Å². The lowest BCUT2D eigenvalue weighted by atomic mass is 10.1. The van der Waals surface area contributed by atoms with Crippen molar-refractivity contribution < 1.29 is 17.5 Å². The minimum Gasteiger partial charge on any atom is -0.375 e. The van der Waals surface area contributed by atoms with Gasteiger partial charge in [0.15, 0.2) is 0 Å². The molecule has 7 nitrogen and oxygen atoms in total. The standard InChI is InChI=1S/C14H13FN4O3S/c1-23(20,21)19-6-9(5-16-19)10-7-18-13-8-22-3-2-12(13)17-14(18)4-11(10)15/h4-7H,2-3,8H2,1H3. The first-order valence-corrected chi connectivity index (χ1v) is 8.81. The molecular formula is C14H13FN4O3S. The molecule has 0 spiro atoms. The third-order valence-electron chi connectivity index (χ3n) is 3.82. The molecule has 0 saturated heterocycles. The van der Waals surface area contributed by atoms with Crippen molar-refractivity contribution in [3.8, 4) is 11.1 Å². The van der Waals surface area contributed by atoms with Crippen molar-refractivity contribution in [1.29, 1.82) is 0 Å². The highest BCUT2D eigenvalue weighted by molar-refractivity contribution is 7.89. The summed E-state index contributed by atoms with van der Waals surface area (Å²) in [5.41, 5.74) is 2.95. The maximum Gasteiger partial charge on any atom is 0.250 e. The summed E-state index contributed by atoms with van der Waals surface area (Å²) in [6.07, 6.45) is 5.95. The van der Waals surface area contributed by atoms with Crippen LogP contribution in [0.5, 0.6) is 0 Å². The predicted octanol–water partition coefficient (Wildman–Crippen LogP) is 1.22. The Kier molecular flexibility index (Phi) is 3.03. The number of ether oxygens (including phenoxy) is 1. The molecule has 0 atom stereocenters. The molecule has 120 valence electrons. The van der Waals surface area contributed by atoms with Gasteiger partial charge >= 0.3 is 0 Å². The fourth-order valence-electron chi connectivity index (χ4n) is 2.69. The predicted molar refractivity (Wildman–Crippen MR) is 80.0 cm³/mol. The monoisotopic (exact) mass is 336 g/mol. The number of fused-ring (bicyclic) bond motifs is 3. The van der Waals surface area contributed by atoms with Crippen molar-refractivity contribution in [2.45, 2.75) is 13.0 Å². The molecule has 23 heavy (non-hydrogen) atoms. The highest BCUT2D eigenvalue weighted by atomic mass is 32.2. The van der Waals surface area contributed by atoms with Gasteiger partial charge in [-0.1, -0.05) is 0 Å². The summed E-state index contributed by atoms with van der Waals surface area (Å²) in [5.74, 6) is -0.478. The summed E-state index contributed by atoms with van der Waals surface area (Å²) in [6.45, 7) is 1.03. The van der Waals surface area contributed by atoms with Crippen molar-refractivity contribution in [3.05, 3.63) is 41.9 Å². The number of hydrogen-bond donors (Lipinski definition) is 0. The van der Waals surface area contributed by atoms with Crippen LogP contribution in [0.25, 0.3) is 16.8 Å². The summed E-state index contributed by atoms with van der Waals surface area (Å²) in [7, 11) is -3.50. The Morgan fingerprint density at radius 2 is 2.17 bits per heavy atom. The molecule has 0 unspecified atom stereocenters. The Balaban J connectivity index is 1.90. The van der Waals surface area contributed by atoms with E-state index in [1.807, 2.05) is 0 Å². The van der Waals surface area contributed by atoms with Crippen LogP contribution in [-0.4, -0.2) is 39.9 Å². The molecule has 0 fully saturated rings. The summed E-state index contributed by atoms with van der Waals surface area (Å²) in [6, 6.07) is 1.34. The highest BCUT2D eigenvalue weighted by Crippen LogP contribution is 2.27. The Morgan fingerprint density at radius 3 is 2.91 bits per heavy atom. The third kappa shape index (κ3) is 2.32. The number of halogens is 1. The summed E-state index contributed by atoms with van der Waals surface area (Å²) in [4.78, 5) is 4.42. The number of nitrogens with zero attached hydrogens (tertiary/aromatic N) is 4. The molecule has 0 aromatic carbocycles. The number of imidazole rings is 1. The SMILES string of the molecule is CS(=O)(=O)n1cc(-c2cn3c4c(nc3cc2F)CCOC4)cn1. The Morgan fingerprint density at radius 1 is 1.35 bits per heavy atom. The Labute approximate surface area is 131 Å². The molecular weight excluding hydrogens is 323 g/mol. The average Bonchev–Trinajstić information content (AvgIpc) is 3.09. The molecule has 4 rings (SSSR count). The topological polar surface area (TPSA) is 78.5 Å². The second kappa shape index (κ2) is 4.87. The fraction of sp³-hybridized carbons (Fsp3) is 0.286. The minimum atomic E-state index is -3.50. The van der Waals surface area contributed by atoms with Crippen LogP contribution in [0.3, 0.4) is 0 Å². The van der Waals surface area contributed by atoms with Gasteiger partial charge < -0.3 is 9.14 Å². The first kappa shape index (κ1) is 14.3. The van der Waals surface area contributed by atoms with Gasteiger partial charge in [0.2, 0.25) is 0 Å². The van der Waals surface area contributed by atoms with E-state index in [1.165, 1.54) is 18.5 Å². The molecule has 4 heterocycles. The van der Waals surface area contributed by atoms with Crippen LogP contribution in [0.15, 0.2) is 24.7 Å². The minimum absolute atomic E-state index is 0.262. The lowest BCUT2D eigenvalue weighted by Gasteiger charge is -2.12. The van der Waals surface area contributed by atoms with Crippen molar-refractivity contribution in [2.24, 2.45) is 0 Å². The van der Waals surface area contributed by atoms with Crippen LogP contribution >= 0.6 is 0 Å². The van der Waals surface area contributed by atoms with E-state index in [4.69, 9.17) is 4.74 Å². The van der Waals surface area contributed by atoms with E-state index < -0.39 is 15.8 Å². The van der Waals surface area contributed by atoms with Gasteiger partial charge in [-0.05, 0) is 0 Å². The first-order chi connectivity index (χ1) is 10.9. The summed E-state index contributed by atoms with van der Waals surface area (Å²) >= 11 is 0. The maximum atomic E-state index is 14.4. The molecule has 3 aromatic heterocycles. The second-order valence-corrected chi connectivity index (χ2v) is 7.28. The molecule has 1 aliphatic rings. The zero-order valence-corrected chi connectivity index (χ0v) is 13.0. The van der Waals surface area contributed by atoms with Gasteiger partial charge in [0.05, 0.1) is 43.3 Å². The van der Waals surface area contributed by atoms with E-state index in [0.29, 0.717) is 30.8 Å². The quantitative estimate of drug-likeness (QED) is 0.703. The summed E-state index contributed by atoms with van der Waals surface area (Å²) < 4.78 is 45.4. The van der Waals surface area contributed by atoms with Gasteiger partial charge in [0.25, 0.3) is 10.0 Å². The fourth-order valence-corrected chi connectivity index (χ4v) is 3.21. The van der Waals surface area contributed by atoms with Crippen molar-refractivity contribution in [1.82, 2.24) is 18.6 Å². The molecule has 0 bridgehead atoms. The number of rotatable bonds is 2. The van der Waals surface area contributed by atoms with E-state index in [1.54, 1.807) is 10.6 Å². The van der Waals surface area contributed by atoms with Gasteiger partial charge in [0.1, 0.15) is 11.5 Å². The van der Waals surface area contributed by atoms with Gasteiger partial charge in [0, 0.05) is 29.8 Å². The van der Waals surface area contributed by atoms with Crippen LogP contribution in [0, 0.1) is 5.82 Å². The zero-order valence-electron chi connectivity index (χ0n) is 12.2. The van der Waals surface area contributed by atoms with Crippen molar-refractivity contribution in [2.75, 3.05) is 12.9 Å². The normalized spacial score (nSPS) is 15.0. The van der Waals surface area contributed by atoms with Crippen molar-refractivity contribution in [3.63, 3.8) is 0 Å². The summed E-state index contributed by atoms with van der Waals surface area (Å²) in [5, 5.41) is 3.77. The lowest BCUT2D eigenvalue weighted by molar-refractivity contribution is 0.106. The highest BCUT2D eigenvalue weighted by Gasteiger charge is 2.19. The van der Waals surface area contributed by atoms with E-state index in [-0.39, 0.29) is 5.56 Å². The van der Waals surface area contributed by atoms with Gasteiger partial charge in [-0.3, -0.25) is 0 Å². The van der Waals surface area contributed by atoms with Gasteiger partial charge in [-0.15, -0.1) is 0 Å². The largest absolute Gasteiger partial charge is 0.375 e. The Hall–Kier alpha value is -2.26. The third-order valence-corrected chi connectivity index (χ3v) is 4.70. The molecule has 0 radical (unpaired) electrons. The number of aromatic nitrogens is 4. The van der Waals surface area contributed by atoms with E-state index in [2.05, 4.69) is 10.1 Å². The molecule has 0 aliphatic carbocycles. The Bertz CT molecular complexity index is 1020. The van der Waals surface area contributed by atoms with E-state index in [9.17, 15) is 12.8 Å². The van der Waals surface area contributed by atoms with E-state index in [0.717, 1.165) is 21.7 Å². The molecule has 3 aromatic rings. The molecule has 0 amide bonds. The molecule has 0 N–H and O–H groups in total. The molecule has 1 aliphatic heterocycles. The smallest absolute Gasteiger partial charge is 0.250 e. The second-order valence-electron chi connectivity index (χ2n) is 5.44. The number of hydrogen-bond acceptors (Lipinski definition) is 5. The van der Waals surface area contributed by atoms with Crippen LogP contribution in [0.2, 0.25) is 0 Å². The maximum absolute atomic E-state index is 14.4. The average molecular weight is 336 g/mol. The van der Waals surface area contributed by atoms with E-state index >= 15 is 0 Å². The van der Waals surface area contributed by atoms with Gasteiger partial charge in [-0.2, -0.15) is 9.19 Å². The zero-order chi connectivity index (χ0) is 16.2. The molecule has 0 saturated carbocycles. The lowest BCUT2D eigenvalue weighted by Crippen LogP contribution is -2.10. The van der Waals surface area contributed by atoms with Gasteiger partial charge in [-0.25, -0.2) is 17.8 Å². The molecule has 9 heteroatoms. The van der Waals surface area contributed by atoms with Crippen LogP contribution in [-0.2, 0) is 27.8 Å². The first-order valence-electron chi connectivity index (χ1n) is 6.96. The number of pyridine rings is 1. The van der Waals surface area contributed by atoms with Crippen LogP contribution in [0.4, 0.5) is 4.39 Å². The van der Waals surface area contributed by atoms with Crippen molar-refractivity contribution >= 4 is 15.7 Å². The van der Waals surface area contributed by atoms with Crippen LogP contribution < -0.4 is 0 Å².